The molecule has 0 fully saturated rings. The van der Waals surface area contributed by atoms with Gasteiger partial charge in [0.1, 0.15) is 0 Å². The van der Waals surface area contributed by atoms with Gasteiger partial charge >= 0.3 is 0 Å². The molecule has 0 aromatic carbocycles. The Balaban J connectivity index is 2.14. The highest BCUT2D eigenvalue weighted by atomic mass is 32.2. The van der Waals surface area contributed by atoms with Crippen molar-refractivity contribution in [3.63, 3.8) is 0 Å². The number of rotatable bonds is 3. The number of carbonyl (C=O) groups excluding carboxylic acids is 1. The molecule has 2 rings (SSSR count). The van der Waals surface area contributed by atoms with Crippen molar-refractivity contribution >= 4 is 29.4 Å². The van der Waals surface area contributed by atoms with Gasteiger partial charge in [0.25, 0.3) is 0 Å². The van der Waals surface area contributed by atoms with Gasteiger partial charge in [-0.3, -0.25) is 9.48 Å². The van der Waals surface area contributed by atoms with Crippen LogP contribution in [0.1, 0.15) is 9.67 Å². The molecule has 0 spiro atoms. The second-order valence-corrected chi connectivity index (χ2v) is 4.84. The van der Waals surface area contributed by atoms with E-state index in [0.717, 1.165) is 21.0 Å². The molecule has 0 saturated carbocycles. The highest BCUT2D eigenvalue weighted by molar-refractivity contribution is 7.99. The fourth-order valence-corrected chi connectivity index (χ4v) is 2.78. The van der Waals surface area contributed by atoms with Gasteiger partial charge in [0, 0.05) is 23.5 Å². The minimum atomic E-state index is 0.761. The molecule has 0 aliphatic carbocycles. The smallest absolute Gasteiger partial charge is 0.160 e. The van der Waals surface area contributed by atoms with Crippen molar-refractivity contribution in [2.45, 2.75) is 9.79 Å². The molecule has 0 bridgehead atoms. The Morgan fingerprint density at radius 3 is 3.00 bits per heavy atom. The van der Waals surface area contributed by atoms with Crippen LogP contribution in [-0.4, -0.2) is 16.1 Å². The summed E-state index contributed by atoms with van der Waals surface area (Å²) in [6.45, 7) is 0. The average molecular weight is 224 g/mol. The Kier molecular flexibility index (Phi) is 2.69. The molecule has 3 nitrogen and oxygen atoms in total. The number of aromatic nitrogens is 2. The first kappa shape index (κ1) is 9.48. The summed E-state index contributed by atoms with van der Waals surface area (Å²) in [7, 11) is 1.88. The summed E-state index contributed by atoms with van der Waals surface area (Å²) < 4.78 is 1.76. The quantitative estimate of drug-likeness (QED) is 0.751. The summed E-state index contributed by atoms with van der Waals surface area (Å²) >= 11 is 3.07. The maximum atomic E-state index is 10.5. The molecule has 0 amide bonds. The molecule has 0 unspecified atom stereocenters. The summed E-state index contributed by atoms with van der Waals surface area (Å²) in [5.74, 6) is 0. The Labute approximate surface area is 89.8 Å². The van der Waals surface area contributed by atoms with E-state index in [1.54, 1.807) is 16.4 Å². The molecule has 0 aliphatic heterocycles. The molecular weight excluding hydrogens is 216 g/mol. The van der Waals surface area contributed by atoms with E-state index < -0.39 is 0 Å². The van der Waals surface area contributed by atoms with Crippen LogP contribution in [0, 0.1) is 0 Å². The molecule has 2 heterocycles. The molecule has 0 radical (unpaired) electrons. The molecule has 72 valence electrons. The predicted octanol–water partition coefficient (Wildman–Crippen LogP) is 2.45. The fourth-order valence-electron chi connectivity index (χ4n) is 1.04. The zero-order valence-electron chi connectivity index (χ0n) is 7.51. The summed E-state index contributed by atoms with van der Waals surface area (Å²) in [5, 5.41) is 6.04. The number of carbonyl (C=O) groups is 1. The third kappa shape index (κ3) is 2.05. The van der Waals surface area contributed by atoms with E-state index in [1.807, 2.05) is 30.9 Å². The van der Waals surface area contributed by atoms with Crippen molar-refractivity contribution in [1.82, 2.24) is 9.78 Å². The fraction of sp³-hybridized carbons (Fsp3) is 0.111. The van der Waals surface area contributed by atoms with Gasteiger partial charge in [0.2, 0.25) is 0 Å². The number of hydrogen-bond donors (Lipinski definition) is 0. The van der Waals surface area contributed by atoms with Gasteiger partial charge in [-0.1, -0.05) is 11.8 Å². The molecule has 14 heavy (non-hydrogen) atoms. The van der Waals surface area contributed by atoms with Crippen LogP contribution in [0.25, 0.3) is 0 Å². The maximum Gasteiger partial charge on any atom is 0.160 e. The maximum absolute atomic E-state index is 10.5. The van der Waals surface area contributed by atoms with E-state index >= 15 is 0 Å². The van der Waals surface area contributed by atoms with Gasteiger partial charge in [-0.15, -0.1) is 11.3 Å². The summed E-state index contributed by atoms with van der Waals surface area (Å²) in [5.41, 5.74) is 0. The van der Waals surface area contributed by atoms with E-state index in [0.29, 0.717) is 0 Å². The number of thiophene rings is 1. The predicted molar refractivity (Wildman–Crippen MR) is 57.0 cm³/mol. The average Bonchev–Trinajstić information content (AvgIpc) is 2.76. The van der Waals surface area contributed by atoms with Gasteiger partial charge in [0.15, 0.2) is 6.29 Å². The van der Waals surface area contributed by atoms with Crippen LogP contribution in [-0.2, 0) is 7.05 Å². The number of hydrogen-bond acceptors (Lipinski definition) is 4. The van der Waals surface area contributed by atoms with E-state index in [-0.39, 0.29) is 0 Å². The Bertz CT molecular complexity index is 447. The lowest BCUT2D eigenvalue weighted by atomic mass is 10.5. The minimum absolute atomic E-state index is 0.761. The Morgan fingerprint density at radius 2 is 2.43 bits per heavy atom. The lowest BCUT2D eigenvalue weighted by Crippen LogP contribution is -1.83. The highest BCUT2D eigenvalue weighted by Crippen LogP contribution is 2.30. The number of aldehydes is 1. The van der Waals surface area contributed by atoms with Crippen molar-refractivity contribution in [3.8, 4) is 0 Å². The topological polar surface area (TPSA) is 34.9 Å². The van der Waals surface area contributed by atoms with Crippen molar-refractivity contribution < 1.29 is 4.79 Å². The van der Waals surface area contributed by atoms with Crippen LogP contribution in [0.3, 0.4) is 0 Å². The first-order valence-electron chi connectivity index (χ1n) is 3.98. The van der Waals surface area contributed by atoms with Gasteiger partial charge in [0.05, 0.1) is 16.0 Å². The van der Waals surface area contributed by atoms with E-state index in [2.05, 4.69) is 5.10 Å². The molecule has 0 aliphatic rings. The lowest BCUT2D eigenvalue weighted by molar-refractivity contribution is 0.112. The zero-order valence-corrected chi connectivity index (χ0v) is 9.14. The molecule has 0 N–H and O–H groups in total. The van der Waals surface area contributed by atoms with Crippen molar-refractivity contribution in [2.24, 2.45) is 7.05 Å². The molecule has 2 aromatic rings. The SMILES string of the molecule is Cn1cc(Sc2csc(C=O)c2)cn1. The standard InChI is InChI=1S/C9H8N2OS2/c1-11-4-9(3-10-11)14-8-2-7(5-12)13-6-8/h2-6H,1H3. The number of aryl methyl sites for hydroxylation is 1. The van der Waals surface area contributed by atoms with Crippen molar-refractivity contribution in [2.75, 3.05) is 0 Å². The zero-order chi connectivity index (χ0) is 9.97. The Morgan fingerprint density at radius 1 is 1.57 bits per heavy atom. The van der Waals surface area contributed by atoms with E-state index in [9.17, 15) is 4.79 Å². The number of nitrogens with zero attached hydrogens (tertiary/aromatic N) is 2. The van der Waals surface area contributed by atoms with Crippen LogP contribution < -0.4 is 0 Å². The molecule has 0 saturated heterocycles. The first-order chi connectivity index (χ1) is 6.78. The van der Waals surface area contributed by atoms with Crippen molar-refractivity contribution in [1.29, 1.82) is 0 Å². The molecule has 2 aromatic heterocycles. The Hall–Kier alpha value is -1.07. The van der Waals surface area contributed by atoms with Crippen LogP contribution in [0.5, 0.6) is 0 Å². The second kappa shape index (κ2) is 3.98. The highest BCUT2D eigenvalue weighted by Gasteiger charge is 2.02. The molecule has 5 heteroatoms. The third-order valence-electron chi connectivity index (χ3n) is 1.63. The van der Waals surface area contributed by atoms with Crippen LogP contribution in [0.15, 0.2) is 33.6 Å². The van der Waals surface area contributed by atoms with Gasteiger partial charge in [-0.2, -0.15) is 5.10 Å². The molecular formula is C9H8N2OS2. The first-order valence-corrected chi connectivity index (χ1v) is 5.68. The van der Waals surface area contributed by atoms with Gasteiger partial charge in [-0.25, -0.2) is 0 Å². The minimum Gasteiger partial charge on any atom is -0.297 e. The van der Waals surface area contributed by atoms with Crippen LogP contribution in [0.2, 0.25) is 0 Å². The van der Waals surface area contributed by atoms with E-state index in [1.165, 1.54) is 11.3 Å². The van der Waals surface area contributed by atoms with Gasteiger partial charge in [-0.05, 0) is 6.07 Å². The third-order valence-corrected chi connectivity index (χ3v) is 3.55. The van der Waals surface area contributed by atoms with E-state index in [4.69, 9.17) is 0 Å². The summed E-state index contributed by atoms with van der Waals surface area (Å²) in [6, 6.07) is 1.88. The second-order valence-electron chi connectivity index (χ2n) is 2.75. The van der Waals surface area contributed by atoms with Crippen LogP contribution in [0.4, 0.5) is 0 Å². The van der Waals surface area contributed by atoms with Crippen LogP contribution >= 0.6 is 23.1 Å². The molecule has 0 atom stereocenters. The lowest BCUT2D eigenvalue weighted by Gasteiger charge is -1.90. The monoisotopic (exact) mass is 224 g/mol. The summed E-state index contributed by atoms with van der Waals surface area (Å²) in [4.78, 5) is 13.4. The normalized spacial score (nSPS) is 10.4. The van der Waals surface area contributed by atoms with Crippen molar-refractivity contribution in [3.05, 3.63) is 28.7 Å². The van der Waals surface area contributed by atoms with Gasteiger partial charge < -0.3 is 0 Å². The summed E-state index contributed by atoms with van der Waals surface area (Å²) in [6.07, 6.45) is 4.63. The largest absolute Gasteiger partial charge is 0.297 e.